The summed E-state index contributed by atoms with van der Waals surface area (Å²) in [6.45, 7) is 18.7. The number of rotatable bonds is 8. The number of hydrogen-bond donors (Lipinski definition) is 0. The predicted octanol–water partition coefficient (Wildman–Crippen LogP) is 30.3. The largest absolute Gasteiger partial charge is 0.454 e. The Morgan fingerprint density at radius 3 is 0.984 bits per heavy atom. The first-order valence-electron chi connectivity index (χ1n) is 46.9. The van der Waals surface area contributed by atoms with Crippen LogP contribution in [0.5, 0.6) is 0 Å². The van der Waals surface area contributed by atoms with Gasteiger partial charge in [0.25, 0.3) is 0 Å². The third-order valence-corrected chi connectivity index (χ3v) is 24.4. The summed E-state index contributed by atoms with van der Waals surface area (Å²) in [5, 5.41) is 10.8. The molecular formula is C110H122N12O5. The van der Waals surface area contributed by atoms with Gasteiger partial charge in [0.15, 0.2) is 39.6 Å². The van der Waals surface area contributed by atoms with E-state index < -0.39 is 32.8 Å². The van der Waals surface area contributed by atoms with E-state index in [0.29, 0.717) is 5.69 Å². The SMILES string of the molecule is C.C.C.C.C.Cc1ccc2c(oc3ccccc32)c1N1c2nccnc2N(c2ccccc2)C1C.[2H]C(C)(C)N1C=CN(c2c(C)ccc3c2oc2ccccc23)C1C.[2H]C([2H])([2H])C([2H])(C)N1C=CN(c2c(C)ccc3c2oc2ccccc23)C1C.[2H]C([2H])([2H])N1C=CN(c2c(C)ccc3c2oc2ccccc23)C1C.[2H]C([2H])([2H])N1c2ccccc2N(c2c(C)ccc3c2oc2ccccc23)C1C. The number of aromatic nitrogens is 2. The summed E-state index contributed by atoms with van der Waals surface area (Å²) < 4.78 is 118. The average Bonchev–Trinajstić information content (AvgIpc) is 1.58. The van der Waals surface area contributed by atoms with Gasteiger partial charge < -0.3 is 66.2 Å². The van der Waals surface area contributed by atoms with E-state index in [0.717, 1.165) is 183 Å². The van der Waals surface area contributed by atoms with Crippen molar-refractivity contribution in [2.24, 2.45) is 0 Å². The molecule has 127 heavy (non-hydrogen) atoms. The van der Waals surface area contributed by atoms with E-state index in [1.807, 2.05) is 240 Å². The molecule has 5 aliphatic heterocycles. The number of aryl methyl sites for hydroxylation is 5. The maximum Gasteiger partial charge on any atom is 0.178 e. The molecule has 17 heteroatoms. The van der Waals surface area contributed by atoms with Crippen LogP contribution in [0.3, 0.4) is 0 Å². The molecular weight excluding hydrogens is 1570 g/mol. The van der Waals surface area contributed by atoms with Crippen LogP contribution in [0.1, 0.15) is 142 Å². The van der Waals surface area contributed by atoms with E-state index in [9.17, 15) is 0 Å². The Bertz CT molecular complexity index is 7480. The van der Waals surface area contributed by atoms with Crippen LogP contribution in [0.25, 0.3) is 110 Å². The molecule has 0 amide bonds. The van der Waals surface area contributed by atoms with E-state index in [4.69, 9.17) is 42.1 Å². The van der Waals surface area contributed by atoms with Gasteiger partial charge in [-0.25, -0.2) is 9.97 Å². The van der Waals surface area contributed by atoms with Crippen molar-refractivity contribution in [1.29, 1.82) is 0 Å². The van der Waals surface area contributed by atoms with Gasteiger partial charge in [-0.1, -0.05) is 219 Å². The van der Waals surface area contributed by atoms with Crippen LogP contribution in [-0.2, 0) is 0 Å². The molecule has 12 aromatic carbocycles. The second-order valence-corrected chi connectivity index (χ2v) is 32.1. The molecule has 17 nitrogen and oxygen atoms in total. The van der Waals surface area contributed by atoms with Crippen LogP contribution in [-0.4, -0.2) is 81.5 Å². The van der Waals surface area contributed by atoms with E-state index in [1.165, 1.54) is 22.3 Å². The van der Waals surface area contributed by atoms with Gasteiger partial charge in [-0.15, -0.1) is 0 Å². The van der Waals surface area contributed by atoms with Crippen LogP contribution in [0.15, 0.2) is 308 Å². The van der Waals surface area contributed by atoms with Crippen molar-refractivity contribution >= 4 is 167 Å². The van der Waals surface area contributed by atoms with Crippen molar-refractivity contribution in [3.63, 3.8) is 0 Å². The number of fused-ring (bicyclic) bond motifs is 17. The summed E-state index contributed by atoms with van der Waals surface area (Å²) in [4.78, 5) is 28.6. The molecule has 0 aliphatic carbocycles. The van der Waals surface area contributed by atoms with Crippen LogP contribution in [0, 0.1) is 34.6 Å². The highest BCUT2D eigenvalue weighted by molar-refractivity contribution is 6.15. The summed E-state index contributed by atoms with van der Waals surface area (Å²) in [7, 11) is 0. The van der Waals surface area contributed by atoms with E-state index in [1.54, 1.807) is 29.7 Å². The molecule has 11 heterocycles. The third kappa shape index (κ3) is 15.1. The Morgan fingerprint density at radius 2 is 0.622 bits per heavy atom. The molecule has 652 valence electrons. The summed E-state index contributed by atoms with van der Waals surface area (Å²) in [5.74, 6) is 1.69. The lowest BCUT2D eigenvalue weighted by atomic mass is 10.1. The van der Waals surface area contributed by atoms with Crippen LogP contribution < -0.4 is 34.3 Å². The Labute approximate surface area is 763 Å². The molecule has 23 rings (SSSR count). The average molecular weight is 1700 g/mol. The Kier molecular flexibility index (Phi) is 21.3. The van der Waals surface area contributed by atoms with Gasteiger partial charge in [-0.3, -0.25) is 4.90 Å². The molecule has 0 N–H and O–H groups in total. The number of hydrogen-bond acceptors (Lipinski definition) is 17. The highest BCUT2D eigenvalue weighted by Crippen LogP contribution is 2.52. The topological polar surface area (TPSA) is 124 Å². The van der Waals surface area contributed by atoms with Gasteiger partial charge in [0.2, 0.25) is 0 Å². The van der Waals surface area contributed by atoms with Crippen LogP contribution in [0.2, 0.25) is 0 Å². The molecule has 6 atom stereocenters. The first kappa shape index (κ1) is 75.5. The van der Waals surface area contributed by atoms with Crippen molar-refractivity contribution in [1.82, 2.24) is 24.7 Å². The van der Waals surface area contributed by atoms with Crippen molar-refractivity contribution in [2.75, 3.05) is 48.3 Å². The Balaban J connectivity index is 0.000000137. The lowest BCUT2D eigenvalue weighted by molar-refractivity contribution is 0.263. The van der Waals surface area contributed by atoms with E-state index in [2.05, 4.69) is 143 Å². The Hall–Kier alpha value is -14.1. The summed E-state index contributed by atoms with van der Waals surface area (Å²) >= 11 is 0. The highest BCUT2D eigenvalue weighted by Gasteiger charge is 2.41. The minimum absolute atomic E-state index is 0. The maximum atomic E-state index is 8.42. The normalized spacial score (nSPS) is 18.7. The predicted molar refractivity (Wildman–Crippen MR) is 540 cm³/mol. The molecule has 6 unspecified atom stereocenters. The second-order valence-electron chi connectivity index (χ2n) is 32.1. The Morgan fingerprint density at radius 1 is 0.299 bits per heavy atom. The van der Waals surface area contributed by atoms with Crippen molar-refractivity contribution < 1.29 is 37.2 Å². The van der Waals surface area contributed by atoms with Crippen molar-refractivity contribution in [3.05, 3.63) is 314 Å². The smallest absolute Gasteiger partial charge is 0.178 e. The first-order valence-corrected chi connectivity index (χ1v) is 41.4. The molecule has 0 fully saturated rings. The summed E-state index contributed by atoms with van der Waals surface area (Å²) in [6.07, 6.45) is 13.5. The zero-order valence-electron chi connectivity index (χ0n) is 81.4. The van der Waals surface area contributed by atoms with Gasteiger partial charge in [-0.2, -0.15) is 0 Å². The number of nitrogens with zero attached hydrogens (tertiary/aromatic N) is 12. The summed E-state index contributed by atoms with van der Waals surface area (Å²) in [5.41, 5.74) is 21.4. The van der Waals surface area contributed by atoms with Gasteiger partial charge in [0, 0.05) is 147 Å². The van der Waals surface area contributed by atoms with Crippen molar-refractivity contribution in [3.8, 4) is 0 Å². The molecule has 5 aliphatic rings. The molecule has 18 aromatic rings. The molecule has 0 saturated carbocycles. The van der Waals surface area contributed by atoms with Gasteiger partial charge in [0.1, 0.15) is 58.7 Å². The van der Waals surface area contributed by atoms with E-state index in [-0.39, 0.29) is 68.0 Å². The quantitative estimate of drug-likeness (QED) is 0.143. The van der Waals surface area contributed by atoms with Crippen molar-refractivity contribution in [2.45, 2.75) is 177 Å². The van der Waals surface area contributed by atoms with Gasteiger partial charge >= 0.3 is 0 Å². The molecule has 0 spiro atoms. The molecule has 0 bridgehead atoms. The monoisotopic (exact) mass is 1700 g/mol. The standard InChI is InChI=1S/C25H20N4O.C22H20N2O.2C20H22N2O.C18H18N2O.5CH4/c1-16-12-13-20-19-10-6-7-11-21(19)30-23(20)22(16)29-17(2)28(18-8-4-3-5-9-18)24-25(29)27-15-14-26-24;1-14-12-13-17-16-8-4-7-11-20(16)25-22(17)21(14)24-15(2)23(3)18-9-5-6-10-19(18)24;2*1-13(2)21-11-12-22(15(21)4)19-14(3)9-10-17-16-7-5-6-8-18(16)23-20(17)19;1-12-8-9-15-14-6-4-5-7-16(14)21-18(15)17(12)20-11-10-19(3)13(20)2;;;;;/h3-15,17H,1-2H3;4-13,15H,1-3H3;2*5-13,15H,1-4H3;4-11,13H,1-3H3;5*1H4/i;3D3;1D3,13D;13D;3D3;;;;;. The zero-order valence-corrected chi connectivity index (χ0v) is 70.4. The number of para-hydroxylation sites is 8. The lowest BCUT2D eigenvalue weighted by Crippen LogP contribution is -2.39. The molecule has 6 aromatic heterocycles. The minimum Gasteiger partial charge on any atom is -0.454 e. The van der Waals surface area contributed by atoms with Gasteiger partial charge in [-0.05, 0) is 179 Å². The fraction of sp³-hybridized carbons (Fsp3) is 0.255. The van der Waals surface area contributed by atoms with Crippen LogP contribution in [0.4, 0.5) is 57.1 Å². The fourth-order valence-electron chi connectivity index (χ4n) is 18.3. The van der Waals surface area contributed by atoms with Gasteiger partial charge in [0.05, 0.1) is 42.6 Å². The molecule has 0 radical (unpaired) electrons. The minimum atomic E-state index is -2.43. The lowest BCUT2D eigenvalue weighted by Gasteiger charge is -2.33. The number of furan rings is 5. The highest BCUT2D eigenvalue weighted by atomic mass is 16.3. The zero-order chi connectivity index (χ0) is 93.6. The first-order chi connectivity index (χ1) is 63.5. The van der Waals surface area contributed by atoms with E-state index >= 15 is 0 Å². The summed E-state index contributed by atoms with van der Waals surface area (Å²) in [6, 6.07) is 76.7. The number of anilines is 10. The second kappa shape index (κ2) is 35.9. The fourth-order valence-corrected chi connectivity index (χ4v) is 18.3. The third-order valence-electron chi connectivity index (χ3n) is 24.4. The number of benzene rings is 12. The van der Waals surface area contributed by atoms with Crippen LogP contribution >= 0.6 is 0 Å². The maximum absolute atomic E-state index is 8.42. The molecule has 0 saturated heterocycles.